The first kappa shape index (κ1) is 19.1. The van der Waals surface area contributed by atoms with Crippen LogP contribution in [-0.4, -0.2) is 62.2 Å². The van der Waals surface area contributed by atoms with Gasteiger partial charge in [-0.1, -0.05) is 18.5 Å². The van der Waals surface area contributed by atoms with Crippen LogP contribution < -0.4 is 5.32 Å². The molecule has 2 atom stereocenters. The monoisotopic (exact) mass is 399 g/mol. The Morgan fingerprint density at radius 3 is 2.27 bits per heavy atom. The van der Waals surface area contributed by atoms with Crippen LogP contribution in [0.15, 0.2) is 29.2 Å². The Labute approximate surface area is 158 Å². The van der Waals surface area contributed by atoms with Crippen molar-refractivity contribution >= 4 is 33.4 Å². The lowest BCUT2D eigenvalue weighted by atomic mass is 10.3. The lowest BCUT2D eigenvalue weighted by Gasteiger charge is -2.34. The van der Waals surface area contributed by atoms with E-state index in [0.29, 0.717) is 24.0 Å². The van der Waals surface area contributed by atoms with Gasteiger partial charge >= 0.3 is 0 Å². The first-order chi connectivity index (χ1) is 12.3. The highest BCUT2D eigenvalue weighted by atomic mass is 35.5. The molecular weight excluding hydrogens is 378 g/mol. The zero-order valence-corrected chi connectivity index (χ0v) is 16.1. The second-order valence-corrected chi connectivity index (χ2v) is 9.15. The normalized spacial score (nSPS) is 23.5. The van der Waals surface area contributed by atoms with Gasteiger partial charge in [0.05, 0.1) is 11.4 Å². The van der Waals surface area contributed by atoms with Crippen molar-refractivity contribution in [1.82, 2.24) is 14.5 Å². The van der Waals surface area contributed by atoms with Gasteiger partial charge < -0.3 is 10.2 Å². The molecule has 1 aliphatic carbocycles. The fraction of sp³-hybridized carbons (Fsp3) is 0.529. The zero-order valence-electron chi connectivity index (χ0n) is 14.5. The maximum atomic E-state index is 12.6. The highest BCUT2D eigenvalue weighted by Crippen LogP contribution is 2.37. The van der Waals surface area contributed by atoms with Gasteiger partial charge in [-0.2, -0.15) is 4.31 Å². The number of benzene rings is 1. The molecule has 1 heterocycles. The molecule has 1 saturated carbocycles. The lowest BCUT2D eigenvalue weighted by Crippen LogP contribution is -2.52. The summed E-state index contributed by atoms with van der Waals surface area (Å²) in [6, 6.07) is 6.03. The Balaban J connectivity index is 1.51. The number of hydrogen-bond acceptors (Lipinski definition) is 4. The third kappa shape index (κ3) is 4.19. The smallest absolute Gasteiger partial charge is 0.243 e. The lowest BCUT2D eigenvalue weighted by molar-refractivity contribution is -0.134. The number of rotatable bonds is 5. The molecule has 1 aliphatic heterocycles. The minimum atomic E-state index is -3.60. The summed E-state index contributed by atoms with van der Waals surface area (Å²) >= 11 is 5.80. The van der Waals surface area contributed by atoms with Crippen molar-refractivity contribution < 1.29 is 18.0 Å². The molecule has 142 valence electrons. The summed E-state index contributed by atoms with van der Waals surface area (Å²) in [5.41, 5.74) is 0. The van der Waals surface area contributed by atoms with E-state index in [4.69, 9.17) is 11.6 Å². The molecule has 26 heavy (non-hydrogen) atoms. The van der Waals surface area contributed by atoms with E-state index < -0.39 is 10.0 Å². The van der Waals surface area contributed by atoms with Crippen LogP contribution in [0.1, 0.15) is 13.3 Å². The molecule has 1 aromatic carbocycles. The minimum Gasteiger partial charge on any atom is -0.347 e. The number of amides is 2. The van der Waals surface area contributed by atoms with Gasteiger partial charge in [0.15, 0.2) is 0 Å². The fourth-order valence-corrected chi connectivity index (χ4v) is 4.57. The van der Waals surface area contributed by atoms with E-state index in [0.717, 1.165) is 6.42 Å². The number of carbonyl (C=O) groups excluding carboxylic acids is 2. The van der Waals surface area contributed by atoms with Crippen molar-refractivity contribution in [3.63, 3.8) is 0 Å². The van der Waals surface area contributed by atoms with Gasteiger partial charge in [-0.15, -0.1) is 0 Å². The molecule has 2 fully saturated rings. The van der Waals surface area contributed by atoms with Crippen molar-refractivity contribution in [1.29, 1.82) is 0 Å². The van der Waals surface area contributed by atoms with Gasteiger partial charge in [-0.05, 0) is 36.6 Å². The number of carbonyl (C=O) groups is 2. The van der Waals surface area contributed by atoms with Crippen molar-refractivity contribution in [2.75, 3.05) is 32.7 Å². The zero-order chi connectivity index (χ0) is 18.9. The minimum absolute atomic E-state index is 0.0316. The Hall–Kier alpha value is -1.64. The third-order valence-corrected chi connectivity index (χ3v) is 7.07. The molecule has 0 unspecified atom stereocenters. The van der Waals surface area contributed by atoms with Gasteiger partial charge in [0.1, 0.15) is 0 Å². The summed E-state index contributed by atoms with van der Waals surface area (Å²) < 4.78 is 26.6. The van der Waals surface area contributed by atoms with Crippen molar-refractivity contribution in [2.45, 2.75) is 18.2 Å². The van der Waals surface area contributed by atoms with Crippen LogP contribution in [0.25, 0.3) is 0 Å². The van der Waals surface area contributed by atoms with E-state index in [1.54, 1.807) is 4.90 Å². The second-order valence-electron chi connectivity index (χ2n) is 6.78. The van der Waals surface area contributed by atoms with Crippen molar-refractivity contribution in [3.05, 3.63) is 29.3 Å². The Bertz CT molecular complexity index is 789. The molecule has 1 N–H and O–H groups in total. The number of nitrogens with one attached hydrogen (secondary N) is 1. The average Bonchev–Trinajstić information content (AvgIpc) is 3.36. The summed E-state index contributed by atoms with van der Waals surface area (Å²) in [6.45, 7) is 3.04. The molecule has 9 heteroatoms. The van der Waals surface area contributed by atoms with E-state index in [9.17, 15) is 18.0 Å². The van der Waals surface area contributed by atoms with Crippen LogP contribution in [0.4, 0.5) is 0 Å². The summed E-state index contributed by atoms with van der Waals surface area (Å²) in [5, 5.41) is 3.14. The number of piperazine rings is 1. The maximum absolute atomic E-state index is 12.6. The number of halogens is 1. The molecule has 1 aromatic rings. The number of sulfonamides is 1. The molecule has 3 rings (SSSR count). The Kier molecular flexibility index (Phi) is 5.55. The standard InChI is InChI=1S/C17H22ClN3O4S/c1-12-10-15(12)17(23)19-11-16(22)20-6-8-21(9-7-20)26(24,25)14-4-2-13(18)3-5-14/h2-5,12,15H,6-11H2,1H3,(H,19,23)/t12-,15-/m1/s1. The summed E-state index contributed by atoms with van der Waals surface area (Å²) in [4.78, 5) is 25.8. The van der Waals surface area contributed by atoms with Crippen LogP contribution in [0.3, 0.4) is 0 Å². The summed E-state index contributed by atoms with van der Waals surface area (Å²) in [6.07, 6.45) is 0.876. The molecule has 1 saturated heterocycles. The van der Waals surface area contributed by atoms with E-state index in [2.05, 4.69) is 5.32 Å². The Morgan fingerprint density at radius 1 is 1.15 bits per heavy atom. The molecule has 0 bridgehead atoms. The van der Waals surface area contributed by atoms with E-state index in [1.165, 1.54) is 28.6 Å². The van der Waals surface area contributed by atoms with Crippen LogP contribution in [0.5, 0.6) is 0 Å². The SMILES string of the molecule is C[C@@H]1C[C@H]1C(=O)NCC(=O)N1CCN(S(=O)(=O)c2ccc(Cl)cc2)CC1. The molecule has 0 aromatic heterocycles. The second kappa shape index (κ2) is 7.54. The highest BCUT2D eigenvalue weighted by molar-refractivity contribution is 7.89. The van der Waals surface area contributed by atoms with Gasteiger partial charge in [0.25, 0.3) is 0 Å². The molecule has 0 radical (unpaired) electrons. The first-order valence-corrected chi connectivity index (χ1v) is 10.4. The van der Waals surface area contributed by atoms with Gasteiger partial charge in [-0.25, -0.2) is 8.42 Å². The van der Waals surface area contributed by atoms with Gasteiger partial charge in [0.2, 0.25) is 21.8 Å². The van der Waals surface area contributed by atoms with E-state index >= 15 is 0 Å². The fourth-order valence-electron chi connectivity index (χ4n) is 3.03. The number of hydrogen-bond donors (Lipinski definition) is 1. The molecule has 7 nitrogen and oxygen atoms in total. The maximum Gasteiger partial charge on any atom is 0.243 e. The quantitative estimate of drug-likeness (QED) is 0.798. The van der Waals surface area contributed by atoms with Gasteiger partial charge in [0, 0.05) is 37.1 Å². The molecule has 2 aliphatic rings. The predicted molar refractivity (Wildman–Crippen MR) is 97.1 cm³/mol. The van der Waals surface area contributed by atoms with Crippen LogP contribution in [-0.2, 0) is 19.6 Å². The topological polar surface area (TPSA) is 86.8 Å². The first-order valence-electron chi connectivity index (χ1n) is 8.60. The van der Waals surface area contributed by atoms with E-state index in [1.807, 2.05) is 6.92 Å². The largest absolute Gasteiger partial charge is 0.347 e. The highest BCUT2D eigenvalue weighted by Gasteiger charge is 2.39. The third-order valence-electron chi connectivity index (χ3n) is 4.90. The average molecular weight is 400 g/mol. The van der Waals surface area contributed by atoms with Gasteiger partial charge in [-0.3, -0.25) is 9.59 Å². The van der Waals surface area contributed by atoms with E-state index in [-0.39, 0.29) is 42.3 Å². The molecule has 0 spiro atoms. The Morgan fingerprint density at radius 2 is 1.73 bits per heavy atom. The van der Waals surface area contributed by atoms with Crippen molar-refractivity contribution in [3.8, 4) is 0 Å². The predicted octanol–water partition coefficient (Wildman–Crippen LogP) is 0.945. The van der Waals surface area contributed by atoms with Crippen molar-refractivity contribution in [2.24, 2.45) is 11.8 Å². The van der Waals surface area contributed by atoms with Crippen LogP contribution in [0.2, 0.25) is 5.02 Å². The van der Waals surface area contributed by atoms with Crippen LogP contribution >= 0.6 is 11.6 Å². The van der Waals surface area contributed by atoms with Crippen LogP contribution in [0, 0.1) is 11.8 Å². The molecular formula is C17H22ClN3O4S. The number of nitrogens with zero attached hydrogens (tertiary/aromatic N) is 2. The summed E-state index contributed by atoms with van der Waals surface area (Å²) in [5.74, 6) is 0.167. The molecule has 2 amide bonds. The summed E-state index contributed by atoms with van der Waals surface area (Å²) in [7, 11) is -3.60.